The van der Waals surface area contributed by atoms with Gasteiger partial charge in [0.25, 0.3) is 0 Å². The van der Waals surface area contributed by atoms with Crippen molar-refractivity contribution in [1.82, 2.24) is 0 Å². The fourth-order valence-corrected chi connectivity index (χ4v) is 6.85. The van der Waals surface area contributed by atoms with Crippen molar-refractivity contribution in [3.63, 3.8) is 0 Å². The molecule has 0 aromatic rings. The van der Waals surface area contributed by atoms with Crippen LogP contribution >= 0.6 is 0 Å². The second-order valence-corrected chi connectivity index (χ2v) is 8.85. The van der Waals surface area contributed by atoms with Crippen molar-refractivity contribution < 1.29 is 5.11 Å². The van der Waals surface area contributed by atoms with Gasteiger partial charge in [0, 0.05) is 6.42 Å². The van der Waals surface area contributed by atoms with E-state index in [9.17, 15) is 5.11 Å². The largest absolute Gasteiger partial charge is 0.513 e. The molecule has 0 radical (unpaired) electrons. The normalized spacial score (nSPS) is 54.6. The Morgan fingerprint density at radius 1 is 1.05 bits per heavy atom. The third-order valence-corrected chi connectivity index (χ3v) is 8.08. The van der Waals surface area contributed by atoms with Crippen LogP contribution in [0.5, 0.6) is 0 Å². The van der Waals surface area contributed by atoms with E-state index in [0.29, 0.717) is 16.6 Å². The van der Waals surface area contributed by atoms with Crippen LogP contribution in [0.15, 0.2) is 11.8 Å². The number of rotatable bonds is 0. The molecule has 0 aromatic heterocycles. The van der Waals surface area contributed by atoms with Crippen molar-refractivity contribution in [2.24, 2.45) is 34.5 Å². The van der Waals surface area contributed by atoms with Gasteiger partial charge in [0.2, 0.25) is 0 Å². The molecule has 0 bridgehead atoms. The van der Waals surface area contributed by atoms with E-state index < -0.39 is 0 Å². The van der Waals surface area contributed by atoms with E-state index in [2.05, 4.69) is 19.9 Å². The molecule has 4 aliphatic rings. The third-order valence-electron chi connectivity index (χ3n) is 8.08. The van der Waals surface area contributed by atoms with E-state index in [4.69, 9.17) is 0 Å². The Morgan fingerprint density at radius 3 is 2.75 bits per heavy atom. The van der Waals surface area contributed by atoms with Crippen molar-refractivity contribution in [3.8, 4) is 0 Å². The van der Waals surface area contributed by atoms with Crippen LogP contribution in [0.4, 0.5) is 0 Å². The molecule has 0 spiro atoms. The van der Waals surface area contributed by atoms with Gasteiger partial charge in [-0.2, -0.15) is 0 Å². The fraction of sp³-hybridized carbons (Fsp3) is 0.895. The van der Waals surface area contributed by atoms with E-state index >= 15 is 0 Å². The minimum Gasteiger partial charge on any atom is -0.513 e. The van der Waals surface area contributed by atoms with Gasteiger partial charge in [0.1, 0.15) is 0 Å². The number of aliphatic hydroxyl groups is 1. The van der Waals surface area contributed by atoms with Gasteiger partial charge >= 0.3 is 0 Å². The minimum atomic E-state index is 0.485. The summed E-state index contributed by atoms with van der Waals surface area (Å²) in [4.78, 5) is 0. The summed E-state index contributed by atoms with van der Waals surface area (Å²) in [6, 6.07) is 0. The molecule has 0 heterocycles. The monoisotopic (exact) mass is 274 g/mol. The van der Waals surface area contributed by atoms with E-state index in [1.807, 2.05) is 0 Å². The minimum absolute atomic E-state index is 0.485. The smallest absolute Gasteiger partial charge is 0.0886 e. The number of hydrogen-bond acceptors (Lipinski definition) is 1. The molecule has 1 nitrogen and oxygen atoms in total. The van der Waals surface area contributed by atoms with Crippen LogP contribution in [0.3, 0.4) is 0 Å². The zero-order valence-electron chi connectivity index (χ0n) is 13.2. The average molecular weight is 274 g/mol. The molecule has 4 aliphatic carbocycles. The Hall–Kier alpha value is -0.460. The molecule has 112 valence electrons. The highest BCUT2D eigenvalue weighted by Crippen LogP contribution is 2.65. The summed E-state index contributed by atoms with van der Waals surface area (Å²) in [7, 11) is 0. The highest BCUT2D eigenvalue weighted by molar-refractivity contribution is 5.13. The number of hydrogen-bond donors (Lipinski definition) is 1. The summed E-state index contributed by atoms with van der Waals surface area (Å²) in [6.45, 7) is 5.14. The third kappa shape index (κ3) is 1.67. The second kappa shape index (κ2) is 4.27. The molecule has 0 aliphatic heterocycles. The van der Waals surface area contributed by atoms with Crippen molar-refractivity contribution in [3.05, 3.63) is 11.8 Å². The summed E-state index contributed by atoms with van der Waals surface area (Å²) < 4.78 is 0. The van der Waals surface area contributed by atoms with Crippen LogP contribution in [-0.4, -0.2) is 5.11 Å². The average Bonchev–Trinajstić information content (AvgIpc) is 2.81. The first-order valence-electron chi connectivity index (χ1n) is 8.91. The zero-order chi connectivity index (χ0) is 14.0. The molecule has 0 saturated heterocycles. The van der Waals surface area contributed by atoms with Crippen LogP contribution in [0.1, 0.15) is 71.6 Å². The van der Waals surface area contributed by atoms with Crippen LogP contribution < -0.4 is 0 Å². The van der Waals surface area contributed by atoms with Gasteiger partial charge in [-0.1, -0.05) is 20.3 Å². The lowest BCUT2D eigenvalue weighted by molar-refractivity contribution is -0.0909. The van der Waals surface area contributed by atoms with Crippen LogP contribution in [-0.2, 0) is 0 Å². The molecule has 6 atom stereocenters. The summed E-state index contributed by atoms with van der Waals surface area (Å²) in [5, 5.41) is 9.91. The van der Waals surface area contributed by atoms with Crippen molar-refractivity contribution in [2.75, 3.05) is 0 Å². The van der Waals surface area contributed by atoms with E-state index in [1.165, 1.54) is 44.9 Å². The Kier molecular flexibility index (Phi) is 2.82. The number of aliphatic hydroxyl groups excluding tert-OH is 1. The second-order valence-electron chi connectivity index (χ2n) is 8.85. The maximum Gasteiger partial charge on any atom is 0.0886 e. The molecule has 1 unspecified atom stereocenters. The first-order chi connectivity index (χ1) is 9.53. The Labute approximate surface area is 123 Å². The zero-order valence-corrected chi connectivity index (χ0v) is 13.2. The number of allylic oxidation sites excluding steroid dienone is 2. The van der Waals surface area contributed by atoms with Crippen molar-refractivity contribution in [1.29, 1.82) is 0 Å². The first-order valence-corrected chi connectivity index (χ1v) is 8.91. The lowest BCUT2D eigenvalue weighted by Gasteiger charge is -2.59. The van der Waals surface area contributed by atoms with Gasteiger partial charge < -0.3 is 5.11 Å². The topological polar surface area (TPSA) is 20.2 Å². The predicted octanol–water partition coefficient (Wildman–Crippen LogP) is 5.47. The standard InChI is InChI=1S/C19H30O/c1-18-9-3-4-16(18)15-6-5-13-12-14(20)7-11-19(13,2)17(15)8-10-18/h7,13,15-17,20H,3-6,8-12H2,1-2H3/t13?,15-,16-,17-,18-,19-/m0/s1. The highest BCUT2D eigenvalue weighted by atomic mass is 16.3. The van der Waals surface area contributed by atoms with E-state index in [0.717, 1.165) is 36.5 Å². The molecule has 4 rings (SSSR count). The van der Waals surface area contributed by atoms with Gasteiger partial charge in [0.05, 0.1) is 5.76 Å². The Morgan fingerprint density at radius 2 is 1.90 bits per heavy atom. The molecule has 3 saturated carbocycles. The molecular weight excluding hydrogens is 244 g/mol. The van der Waals surface area contributed by atoms with E-state index in [1.54, 1.807) is 0 Å². The van der Waals surface area contributed by atoms with Crippen LogP contribution in [0, 0.1) is 34.5 Å². The van der Waals surface area contributed by atoms with Gasteiger partial charge in [-0.15, -0.1) is 0 Å². The van der Waals surface area contributed by atoms with Crippen LogP contribution in [0.25, 0.3) is 0 Å². The summed E-state index contributed by atoms with van der Waals surface area (Å²) in [5.41, 5.74) is 1.16. The van der Waals surface area contributed by atoms with Crippen LogP contribution in [0.2, 0.25) is 0 Å². The Bertz CT molecular complexity index is 439. The van der Waals surface area contributed by atoms with Gasteiger partial charge in [-0.05, 0) is 85.5 Å². The summed E-state index contributed by atoms with van der Waals surface area (Å²) in [6.07, 6.45) is 14.4. The molecule has 0 aromatic carbocycles. The van der Waals surface area contributed by atoms with Crippen molar-refractivity contribution in [2.45, 2.75) is 71.6 Å². The fourth-order valence-electron chi connectivity index (χ4n) is 6.85. The SMILES string of the molecule is C[C@@]12CCC[C@H]1[C@@H]1CCC3CC(O)=CC[C@]3(C)[C@H]1CC2. The molecular formula is C19H30O. The molecule has 0 amide bonds. The van der Waals surface area contributed by atoms with Gasteiger partial charge in [0.15, 0.2) is 0 Å². The maximum atomic E-state index is 9.91. The maximum absolute atomic E-state index is 9.91. The Balaban J connectivity index is 1.66. The lowest BCUT2D eigenvalue weighted by Crippen LogP contribution is -2.51. The highest BCUT2D eigenvalue weighted by Gasteiger charge is 2.57. The first kappa shape index (κ1) is 13.2. The molecule has 1 heteroatoms. The predicted molar refractivity (Wildman–Crippen MR) is 82.4 cm³/mol. The van der Waals surface area contributed by atoms with Crippen molar-refractivity contribution >= 4 is 0 Å². The van der Waals surface area contributed by atoms with E-state index in [-0.39, 0.29) is 0 Å². The van der Waals surface area contributed by atoms with Gasteiger partial charge in [-0.25, -0.2) is 0 Å². The molecule has 1 N–H and O–H groups in total. The summed E-state index contributed by atoms with van der Waals surface area (Å²) in [5.74, 6) is 4.36. The molecule has 20 heavy (non-hydrogen) atoms. The number of fused-ring (bicyclic) bond motifs is 5. The summed E-state index contributed by atoms with van der Waals surface area (Å²) >= 11 is 0. The lowest BCUT2D eigenvalue weighted by atomic mass is 9.46. The molecule has 3 fully saturated rings. The van der Waals surface area contributed by atoms with Gasteiger partial charge in [-0.3, -0.25) is 0 Å². The quantitative estimate of drug-likeness (QED) is 0.621.